The molecule has 1 aromatic carbocycles. The Bertz CT molecular complexity index is 1560. The summed E-state index contributed by atoms with van der Waals surface area (Å²) in [6.45, 7) is 8.18. The summed E-state index contributed by atoms with van der Waals surface area (Å²) in [5.41, 5.74) is 3.02. The highest BCUT2D eigenvalue weighted by Crippen LogP contribution is 2.35. The van der Waals surface area contributed by atoms with Gasteiger partial charge in [-0.3, -0.25) is 4.79 Å². The van der Waals surface area contributed by atoms with Crippen molar-refractivity contribution in [2.45, 2.75) is 32.3 Å². The van der Waals surface area contributed by atoms with Crippen LogP contribution in [-0.4, -0.2) is 95.4 Å². The van der Waals surface area contributed by atoms with E-state index in [4.69, 9.17) is 19.2 Å². The quantitative estimate of drug-likeness (QED) is 0.234. The first kappa shape index (κ1) is 32.2. The average Bonchev–Trinajstić information content (AvgIpc) is 3.58. The van der Waals surface area contributed by atoms with Gasteiger partial charge in [-0.05, 0) is 68.2 Å². The van der Waals surface area contributed by atoms with E-state index >= 15 is 0 Å². The third-order valence-corrected chi connectivity index (χ3v) is 7.86. The number of esters is 1. The van der Waals surface area contributed by atoms with Gasteiger partial charge in [0.1, 0.15) is 24.0 Å². The maximum atomic E-state index is 15.0. The van der Waals surface area contributed by atoms with Crippen LogP contribution < -0.4 is 10.6 Å². The molecule has 6 rings (SSSR count). The van der Waals surface area contributed by atoms with E-state index in [1.807, 2.05) is 0 Å². The topological polar surface area (TPSA) is 136 Å². The third kappa shape index (κ3) is 8.51. The molecule has 0 bridgehead atoms. The van der Waals surface area contributed by atoms with Crippen LogP contribution in [0.15, 0.2) is 48.8 Å². The molecule has 0 aliphatic carbocycles. The van der Waals surface area contributed by atoms with Crippen LogP contribution in [0.2, 0.25) is 0 Å². The lowest BCUT2D eigenvalue weighted by Gasteiger charge is -2.32. The van der Waals surface area contributed by atoms with E-state index in [9.17, 15) is 14.3 Å². The van der Waals surface area contributed by atoms with Gasteiger partial charge in [0.05, 0.1) is 62.7 Å². The van der Waals surface area contributed by atoms with Crippen LogP contribution in [0.1, 0.15) is 36.9 Å². The molecule has 12 nitrogen and oxygen atoms in total. The molecule has 45 heavy (non-hydrogen) atoms. The highest BCUT2D eigenvalue weighted by molar-refractivity contribution is 5.85. The second kappa shape index (κ2) is 15.7. The molecular formula is C32H40FN7O5. The molecule has 2 aliphatic heterocycles. The fourth-order valence-corrected chi connectivity index (χ4v) is 5.31. The van der Waals surface area contributed by atoms with Crippen LogP contribution in [0.5, 0.6) is 0 Å². The normalized spacial score (nSPS) is 15.7. The van der Waals surface area contributed by atoms with E-state index in [0.29, 0.717) is 34.5 Å². The van der Waals surface area contributed by atoms with Crippen LogP contribution in [0, 0.1) is 5.82 Å². The van der Waals surface area contributed by atoms with Gasteiger partial charge >= 0.3 is 5.97 Å². The molecule has 13 heteroatoms. The Kier molecular flexibility index (Phi) is 11.3. The molecule has 5 heterocycles. The van der Waals surface area contributed by atoms with Crippen molar-refractivity contribution in [1.82, 2.24) is 24.6 Å². The van der Waals surface area contributed by atoms with Gasteiger partial charge in [-0.25, -0.2) is 19.0 Å². The van der Waals surface area contributed by atoms with Crippen molar-refractivity contribution >= 4 is 34.2 Å². The lowest BCUT2D eigenvalue weighted by Crippen LogP contribution is -2.33. The molecule has 4 aromatic rings. The SMILES string of the molecule is C1COCCO1.CCN1CCC(c2cc3cnc(Nc4ccc(-n5ccc(CO)n5)cc4F)cc3nc2NCC(=O)OC)CC1. The zero-order chi connectivity index (χ0) is 31.6. The van der Waals surface area contributed by atoms with Crippen molar-refractivity contribution in [3.8, 4) is 5.69 Å². The van der Waals surface area contributed by atoms with Gasteiger partial charge in [-0.15, -0.1) is 0 Å². The standard InChI is InChI=1S/C28H32FN7O3.C4H8O2/c1-3-35-9-6-18(7-10-35)22-12-19-15-30-26(14-25(19)33-28(22)31-16-27(38)39-2)32-24-5-4-21(13-23(24)29)36-11-8-20(17-37)34-36;1-2-6-4-3-5-1/h4-5,8,11-15,18,37H,3,6-7,9-10,16-17H2,1-2H3,(H,30,32)(H,31,33);1-4H2. The fraction of sp³-hybridized carbons (Fsp3) is 0.438. The number of aliphatic hydroxyl groups excluding tert-OH is 1. The van der Waals surface area contributed by atoms with Crippen LogP contribution in [-0.2, 0) is 25.6 Å². The molecule has 2 saturated heterocycles. The number of likely N-dealkylation sites (tertiary alicyclic amines) is 1. The molecule has 240 valence electrons. The van der Waals surface area contributed by atoms with Crippen molar-refractivity contribution < 1.29 is 28.5 Å². The van der Waals surface area contributed by atoms with Crippen LogP contribution in [0.4, 0.5) is 21.7 Å². The predicted octanol–water partition coefficient (Wildman–Crippen LogP) is 4.01. The first-order valence-electron chi connectivity index (χ1n) is 15.2. The number of nitrogens with zero attached hydrogens (tertiary/aromatic N) is 5. The molecular weight excluding hydrogens is 581 g/mol. The fourth-order valence-electron chi connectivity index (χ4n) is 5.31. The van der Waals surface area contributed by atoms with Crippen molar-refractivity contribution in [1.29, 1.82) is 0 Å². The lowest BCUT2D eigenvalue weighted by atomic mass is 9.89. The number of pyridine rings is 2. The minimum Gasteiger partial charge on any atom is -0.468 e. The average molecular weight is 622 g/mol. The number of benzene rings is 1. The van der Waals surface area contributed by atoms with Crippen molar-refractivity contribution in [2.75, 3.05) is 70.3 Å². The monoisotopic (exact) mass is 621 g/mol. The summed E-state index contributed by atoms with van der Waals surface area (Å²) in [7, 11) is 1.36. The Labute approximate surface area is 261 Å². The van der Waals surface area contributed by atoms with Crippen LogP contribution in [0.3, 0.4) is 0 Å². The maximum absolute atomic E-state index is 15.0. The number of rotatable bonds is 9. The number of methoxy groups -OCH3 is 1. The Hall–Kier alpha value is -4.17. The molecule has 3 aromatic heterocycles. The third-order valence-electron chi connectivity index (χ3n) is 7.86. The number of aliphatic hydroxyl groups is 1. The molecule has 2 aliphatic rings. The van der Waals surface area contributed by atoms with E-state index in [-0.39, 0.29) is 24.8 Å². The summed E-state index contributed by atoms with van der Waals surface area (Å²) in [4.78, 5) is 23.6. The largest absolute Gasteiger partial charge is 0.468 e. The second-order valence-corrected chi connectivity index (χ2v) is 10.8. The molecule has 0 unspecified atom stereocenters. The summed E-state index contributed by atoms with van der Waals surface area (Å²) in [5.74, 6) is 0.557. The maximum Gasteiger partial charge on any atom is 0.325 e. The number of carbonyl (C=O) groups excluding carboxylic acids is 1. The summed E-state index contributed by atoms with van der Waals surface area (Å²) in [5, 5.41) is 20.5. The van der Waals surface area contributed by atoms with Crippen molar-refractivity contribution in [2.24, 2.45) is 0 Å². The molecule has 2 fully saturated rings. The Morgan fingerprint density at radius 3 is 2.49 bits per heavy atom. The van der Waals surface area contributed by atoms with Crippen LogP contribution >= 0.6 is 0 Å². The van der Waals surface area contributed by atoms with Gasteiger partial charge in [0.25, 0.3) is 0 Å². The number of hydrogen-bond donors (Lipinski definition) is 3. The van der Waals surface area contributed by atoms with E-state index in [0.717, 1.165) is 69.9 Å². The van der Waals surface area contributed by atoms with Crippen molar-refractivity contribution in [3.05, 3.63) is 65.9 Å². The van der Waals surface area contributed by atoms with Gasteiger partial charge in [0, 0.05) is 29.9 Å². The first-order chi connectivity index (χ1) is 22.0. The summed E-state index contributed by atoms with van der Waals surface area (Å²) in [6.07, 6.45) is 5.41. The van der Waals surface area contributed by atoms with Crippen molar-refractivity contribution in [3.63, 3.8) is 0 Å². The number of aromatic nitrogens is 4. The number of anilines is 3. The van der Waals surface area contributed by atoms with Gasteiger partial charge in [0.15, 0.2) is 0 Å². The number of piperidine rings is 1. The Morgan fingerprint density at radius 2 is 1.87 bits per heavy atom. The molecule has 3 N–H and O–H groups in total. The van der Waals surface area contributed by atoms with Gasteiger partial charge in [0.2, 0.25) is 0 Å². The van der Waals surface area contributed by atoms with E-state index in [1.54, 1.807) is 36.7 Å². The minimum absolute atomic E-state index is 0.0135. The molecule has 0 amide bonds. The minimum atomic E-state index is -0.474. The van der Waals surface area contributed by atoms with Crippen LogP contribution in [0.25, 0.3) is 16.6 Å². The van der Waals surface area contributed by atoms with Gasteiger partial charge < -0.3 is 34.9 Å². The molecule has 0 saturated carbocycles. The number of hydrogen-bond acceptors (Lipinski definition) is 11. The highest BCUT2D eigenvalue weighted by Gasteiger charge is 2.24. The predicted molar refractivity (Wildman–Crippen MR) is 168 cm³/mol. The van der Waals surface area contributed by atoms with Gasteiger partial charge in [-0.1, -0.05) is 6.92 Å². The first-order valence-corrected chi connectivity index (χ1v) is 15.2. The number of nitrogens with one attached hydrogen (secondary N) is 2. The molecule has 0 radical (unpaired) electrons. The summed E-state index contributed by atoms with van der Waals surface area (Å²) in [6, 6.07) is 10.2. The molecule has 0 atom stereocenters. The summed E-state index contributed by atoms with van der Waals surface area (Å²) >= 11 is 0. The Balaban J connectivity index is 0.000000598. The van der Waals surface area contributed by atoms with E-state index in [2.05, 4.69) is 38.6 Å². The number of fused-ring (bicyclic) bond motifs is 1. The highest BCUT2D eigenvalue weighted by atomic mass is 19.1. The number of ether oxygens (including phenoxy) is 3. The van der Waals surface area contributed by atoms with E-state index in [1.165, 1.54) is 17.9 Å². The summed E-state index contributed by atoms with van der Waals surface area (Å²) < 4.78 is 31.2. The Morgan fingerprint density at radius 1 is 1.11 bits per heavy atom. The lowest BCUT2D eigenvalue weighted by molar-refractivity contribution is -0.138. The van der Waals surface area contributed by atoms with Gasteiger partial charge in [-0.2, -0.15) is 5.10 Å². The zero-order valence-corrected chi connectivity index (χ0v) is 25.7. The zero-order valence-electron chi connectivity index (χ0n) is 25.7. The second-order valence-electron chi connectivity index (χ2n) is 10.8. The molecule has 0 spiro atoms. The number of halogens is 1. The number of carbonyl (C=O) groups is 1. The van der Waals surface area contributed by atoms with E-state index < -0.39 is 5.82 Å². The smallest absolute Gasteiger partial charge is 0.325 e.